The van der Waals surface area contributed by atoms with Crippen LogP contribution in [0, 0.1) is 0 Å². The minimum absolute atomic E-state index is 0.0782. The lowest BCUT2D eigenvalue weighted by Crippen LogP contribution is -2.34. The Bertz CT molecular complexity index is 759. The Labute approximate surface area is 155 Å². The van der Waals surface area contributed by atoms with Gasteiger partial charge < -0.3 is 10.1 Å². The van der Waals surface area contributed by atoms with E-state index in [0.717, 1.165) is 33.5 Å². The highest BCUT2D eigenvalue weighted by Crippen LogP contribution is 2.33. The maximum atomic E-state index is 5.44. The van der Waals surface area contributed by atoms with Gasteiger partial charge in [0.2, 0.25) is 0 Å². The van der Waals surface area contributed by atoms with Gasteiger partial charge in [-0.15, -0.1) is 0 Å². The predicted molar refractivity (Wildman–Crippen MR) is 105 cm³/mol. The maximum Gasteiger partial charge on any atom is 0.189 e. The van der Waals surface area contributed by atoms with Crippen LogP contribution in [0.2, 0.25) is 0 Å². The second kappa shape index (κ2) is 7.32. The van der Waals surface area contributed by atoms with Crippen LogP contribution >= 0.6 is 28.1 Å². The van der Waals surface area contributed by atoms with E-state index >= 15 is 0 Å². The minimum atomic E-state index is 0.0782. The fourth-order valence-electron chi connectivity index (χ4n) is 2.71. The van der Waals surface area contributed by atoms with Crippen molar-refractivity contribution in [2.75, 3.05) is 14.2 Å². The Morgan fingerprint density at radius 1 is 1.21 bits per heavy atom. The van der Waals surface area contributed by atoms with Gasteiger partial charge in [0, 0.05) is 17.9 Å². The summed E-state index contributed by atoms with van der Waals surface area (Å²) >= 11 is 8.91. The van der Waals surface area contributed by atoms with Crippen molar-refractivity contribution in [2.45, 2.75) is 12.5 Å². The number of hydrazone groups is 1. The lowest BCUT2D eigenvalue weighted by molar-refractivity contribution is 0.365. The van der Waals surface area contributed by atoms with E-state index < -0.39 is 0 Å². The molecule has 24 heavy (non-hydrogen) atoms. The van der Waals surface area contributed by atoms with Gasteiger partial charge in [-0.2, -0.15) is 5.10 Å². The molecule has 0 aromatic heterocycles. The summed E-state index contributed by atoms with van der Waals surface area (Å²) in [4.78, 5) is 0. The van der Waals surface area contributed by atoms with Crippen LogP contribution in [-0.2, 0) is 0 Å². The molecule has 2 aromatic rings. The highest BCUT2D eigenvalue weighted by atomic mass is 79.9. The molecule has 0 saturated carbocycles. The van der Waals surface area contributed by atoms with Gasteiger partial charge in [0.1, 0.15) is 5.75 Å². The van der Waals surface area contributed by atoms with Gasteiger partial charge in [0.05, 0.1) is 18.9 Å². The summed E-state index contributed by atoms with van der Waals surface area (Å²) in [7, 11) is 3.49. The molecule has 1 heterocycles. The van der Waals surface area contributed by atoms with Crippen molar-refractivity contribution >= 4 is 39.0 Å². The molecular formula is C18H18BrN3OS. The summed E-state index contributed by atoms with van der Waals surface area (Å²) in [6, 6.07) is 16.3. The van der Waals surface area contributed by atoms with Gasteiger partial charge in [-0.05, 0) is 47.6 Å². The van der Waals surface area contributed by atoms with Crippen LogP contribution in [0.1, 0.15) is 23.6 Å². The van der Waals surface area contributed by atoms with Crippen molar-refractivity contribution in [3.05, 3.63) is 64.1 Å². The molecule has 3 rings (SSSR count). The number of ether oxygens (including phenoxy) is 1. The summed E-state index contributed by atoms with van der Waals surface area (Å²) in [5, 5.41) is 10.3. The fraction of sp³-hybridized carbons (Fsp3) is 0.222. The third-order valence-electron chi connectivity index (χ3n) is 4.01. The first kappa shape index (κ1) is 16.9. The molecule has 1 atom stereocenters. The average Bonchev–Trinajstić information content (AvgIpc) is 3.07. The molecule has 0 unspecified atom stereocenters. The molecule has 0 radical (unpaired) electrons. The molecule has 1 aliphatic rings. The SMILES string of the molecule is CNC(=S)N1N=C(c2ccc(Br)cc2)C[C@H]1c1ccc(OC)cc1. The molecular weight excluding hydrogens is 386 g/mol. The Kier molecular flexibility index (Phi) is 5.16. The molecule has 0 fully saturated rings. The molecule has 0 saturated heterocycles. The van der Waals surface area contributed by atoms with Crippen molar-refractivity contribution in [1.82, 2.24) is 10.3 Å². The van der Waals surface area contributed by atoms with Gasteiger partial charge in [-0.1, -0.05) is 40.2 Å². The van der Waals surface area contributed by atoms with Crippen molar-refractivity contribution < 1.29 is 4.74 Å². The number of rotatable bonds is 3. The van der Waals surface area contributed by atoms with Crippen molar-refractivity contribution in [1.29, 1.82) is 0 Å². The van der Waals surface area contributed by atoms with E-state index in [2.05, 4.69) is 45.5 Å². The number of nitrogens with one attached hydrogen (secondary N) is 1. The lowest BCUT2D eigenvalue weighted by Gasteiger charge is -2.23. The Morgan fingerprint density at radius 2 is 1.88 bits per heavy atom. The van der Waals surface area contributed by atoms with Crippen LogP contribution in [-0.4, -0.2) is 30.0 Å². The summed E-state index contributed by atoms with van der Waals surface area (Å²) in [5.41, 5.74) is 3.29. The molecule has 1 aliphatic heterocycles. The molecule has 0 amide bonds. The second-order valence-corrected chi connectivity index (χ2v) is 6.75. The first-order valence-electron chi connectivity index (χ1n) is 7.60. The van der Waals surface area contributed by atoms with E-state index in [1.54, 1.807) is 7.11 Å². The summed E-state index contributed by atoms with van der Waals surface area (Å²) in [5.74, 6) is 0.841. The quantitative estimate of drug-likeness (QED) is 0.782. The Balaban J connectivity index is 1.91. The highest BCUT2D eigenvalue weighted by Gasteiger charge is 2.31. The molecule has 0 aliphatic carbocycles. The highest BCUT2D eigenvalue weighted by molar-refractivity contribution is 9.10. The zero-order valence-electron chi connectivity index (χ0n) is 13.5. The van der Waals surface area contributed by atoms with E-state index in [9.17, 15) is 0 Å². The molecule has 2 aromatic carbocycles. The van der Waals surface area contributed by atoms with E-state index in [-0.39, 0.29) is 6.04 Å². The van der Waals surface area contributed by atoms with Crippen molar-refractivity contribution in [3.8, 4) is 5.75 Å². The summed E-state index contributed by atoms with van der Waals surface area (Å²) in [6.07, 6.45) is 0.801. The molecule has 1 N–H and O–H groups in total. The minimum Gasteiger partial charge on any atom is -0.497 e. The van der Waals surface area contributed by atoms with Gasteiger partial charge in [0.15, 0.2) is 5.11 Å². The largest absolute Gasteiger partial charge is 0.497 e. The normalized spacial score (nSPS) is 16.7. The van der Waals surface area contributed by atoms with Crippen LogP contribution in [0.25, 0.3) is 0 Å². The number of hydrogen-bond donors (Lipinski definition) is 1. The lowest BCUT2D eigenvalue weighted by atomic mass is 9.98. The number of halogens is 1. The molecule has 124 valence electrons. The Morgan fingerprint density at radius 3 is 2.46 bits per heavy atom. The van der Waals surface area contributed by atoms with Gasteiger partial charge in [-0.25, -0.2) is 5.01 Å². The third-order valence-corrected chi connectivity index (χ3v) is 4.93. The fourth-order valence-corrected chi connectivity index (χ4v) is 3.15. The number of benzene rings is 2. The maximum absolute atomic E-state index is 5.44. The zero-order chi connectivity index (χ0) is 17.1. The number of nitrogens with zero attached hydrogens (tertiary/aromatic N) is 2. The third kappa shape index (κ3) is 3.44. The van der Waals surface area contributed by atoms with Crippen LogP contribution in [0.3, 0.4) is 0 Å². The topological polar surface area (TPSA) is 36.9 Å². The number of methoxy groups -OCH3 is 1. The van der Waals surface area contributed by atoms with E-state index in [1.807, 2.05) is 36.3 Å². The van der Waals surface area contributed by atoms with Crippen molar-refractivity contribution in [3.63, 3.8) is 0 Å². The van der Waals surface area contributed by atoms with E-state index in [4.69, 9.17) is 22.1 Å². The van der Waals surface area contributed by atoms with Gasteiger partial charge >= 0.3 is 0 Å². The number of thiocarbonyl (C=S) groups is 1. The van der Waals surface area contributed by atoms with Crippen molar-refractivity contribution in [2.24, 2.45) is 5.10 Å². The van der Waals surface area contributed by atoms with Crippen LogP contribution in [0.4, 0.5) is 0 Å². The molecule has 0 bridgehead atoms. The van der Waals surface area contributed by atoms with E-state index in [1.165, 1.54) is 0 Å². The molecule has 6 heteroatoms. The van der Waals surface area contributed by atoms with Crippen LogP contribution in [0.5, 0.6) is 5.75 Å². The van der Waals surface area contributed by atoms with Gasteiger partial charge in [-0.3, -0.25) is 0 Å². The van der Waals surface area contributed by atoms with Crippen LogP contribution < -0.4 is 10.1 Å². The number of hydrogen-bond acceptors (Lipinski definition) is 3. The smallest absolute Gasteiger partial charge is 0.189 e. The first-order chi connectivity index (χ1) is 11.6. The summed E-state index contributed by atoms with van der Waals surface area (Å²) < 4.78 is 6.30. The monoisotopic (exact) mass is 403 g/mol. The second-order valence-electron chi connectivity index (χ2n) is 5.45. The van der Waals surface area contributed by atoms with Crippen LogP contribution in [0.15, 0.2) is 58.1 Å². The average molecular weight is 404 g/mol. The molecule has 0 spiro atoms. The standard InChI is InChI=1S/C18H18BrN3OS/c1-20-18(24)22-17(13-5-9-15(23-2)10-6-13)11-16(21-22)12-3-7-14(19)8-4-12/h3-10,17H,11H2,1-2H3,(H,20,24)/t17-/m0/s1. The van der Waals surface area contributed by atoms with Gasteiger partial charge in [0.25, 0.3) is 0 Å². The molecule has 4 nitrogen and oxygen atoms in total. The summed E-state index contributed by atoms with van der Waals surface area (Å²) in [6.45, 7) is 0. The zero-order valence-corrected chi connectivity index (χ0v) is 15.9. The first-order valence-corrected chi connectivity index (χ1v) is 8.81. The predicted octanol–water partition coefficient (Wildman–Crippen LogP) is 4.11. The Hall–Kier alpha value is -1.92. The van der Waals surface area contributed by atoms with E-state index in [0.29, 0.717) is 5.11 Å².